The molecule has 2 aliphatic rings. The van der Waals surface area contributed by atoms with Crippen LogP contribution in [0.2, 0.25) is 0 Å². The van der Waals surface area contributed by atoms with Gasteiger partial charge in [-0.05, 0) is 38.5 Å². The molecule has 3 rings (SSSR count). The smallest absolute Gasteiger partial charge is 0.354 e. The van der Waals surface area contributed by atoms with Gasteiger partial charge in [0.1, 0.15) is 5.82 Å². The van der Waals surface area contributed by atoms with Gasteiger partial charge in [0, 0.05) is 25.2 Å². The third-order valence-electron chi connectivity index (χ3n) is 3.77. The van der Waals surface area contributed by atoms with E-state index in [9.17, 15) is 13.2 Å². The van der Waals surface area contributed by atoms with Crippen LogP contribution in [0.1, 0.15) is 38.3 Å². The molecule has 2 saturated carbocycles. The number of alkyl halides is 3. The third-order valence-corrected chi connectivity index (χ3v) is 3.77. The van der Waals surface area contributed by atoms with Crippen molar-refractivity contribution in [3.05, 3.63) is 11.8 Å². The van der Waals surface area contributed by atoms with E-state index in [0.29, 0.717) is 24.3 Å². The van der Waals surface area contributed by atoms with Gasteiger partial charge >= 0.3 is 6.18 Å². The average molecular weight is 300 g/mol. The van der Waals surface area contributed by atoms with Crippen LogP contribution in [0.5, 0.6) is 0 Å². The molecule has 21 heavy (non-hydrogen) atoms. The molecule has 1 aromatic heterocycles. The highest BCUT2D eigenvalue weighted by Gasteiger charge is 2.38. The number of hydrogen-bond acceptors (Lipinski definition) is 4. The van der Waals surface area contributed by atoms with E-state index in [1.807, 2.05) is 11.8 Å². The van der Waals surface area contributed by atoms with Crippen molar-refractivity contribution in [2.24, 2.45) is 5.92 Å². The Morgan fingerprint density at radius 2 is 1.95 bits per heavy atom. The van der Waals surface area contributed by atoms with Gasteiger partial charge in [0.05, 0.1) is 0 Å². The highest BCUT2D eigenvalue weighted by molar-refractivity contribution is 5.47. The van der Waals surface area contributed by atoms with Gasteiger partial charge in [-0.25, -0.2) is 4.98 Å². The van der Waals surface area contributed by atoms with Crippen LogP contribution >= 0.6 is 0 Å². The fourth-order valence-corrected chi connectivity index (χ4v) is 2.36. The summed E-state index contributed by atoms with van der Waals surface area (Å²) in [5.41, 5.74) is -0.870. The van der Waals surface area contributed by atoms with Crippen molar-refractivity contribution in [1.82, 2.24) is 9.97 Å². The van der Waals surface area contributed by atoms with Crippen LogP contribution in [-0.2, 0) is 6.18 Å². The Balaban J connectivity index is 1.92. The minimum atomic E-state index is -4.45. The zero-order valence-electron chi connectivity index (χ0n) is 12.0. The molecule has 0 aliphatic heterocycles. The highest BCUT2D eigenvalue weighted by Crippen LogP contribution is 2.38. The molecule has 1 N–H and O–H groups in total. The van der Waals surface area contributed by atoms with Crippen molar-refractivity contribution in [1.29, 1.82) is 0 Å². The predicted molar refractivity (Wildman–Crippen MR) is 74.3 cm³/mol. The Labute approximate surface area is 121 Å². The molecule has 0 bridgehead atoms. The van der Waals surface area contributed by atoms with Crippen LogP contribution < -0.4 is 10.2 Å². The summed E-state index contributed by atoms with van der Waals surface area (Å²) in [6, 6.07) is 1.43. The van der Waals surface area contributed by atoms with Gasteiger partial charge in [0.15, 0.2) is 5.69 Å². The number of nitrogens with one attached hydrogen (secondary N) is 1. The molecular formula is C14H19F3N4. The first-order valence-corrected chi connectivity index (χ1v) is 7.44. The van der Waals surface area contributed by atoms with E-state index < -0.39 is 11.9 Å². The number of nitrogens with zero attached hydrogens (tertiary/aromatic N) is 3. The molecule has 0 saturated heterocycles. The van der Waals surface area contributed by atoms with E-state index in [4.69, 9.17) is 0 Å². The zero-order valence-corrected chi connectivity index (χ0v) is 12.0. The van der Waals surface area contributed by atoms with Crippen molar-refractivity contribution in [2.75, 3.05) is 23.3 Å². The zero-order chi connectivity index (χ0) is 15.0. The highest BCUT2D eigenvalue weighted by atomic mass is 19.4. The number of aromatic nitrogens is 2. The summed E-state index contributed by atoms with van der Waals surface area (Å²) >= 11 is 0. The van der Waals surface area contributed by atoms with E-state index in [-0.39, 0.29) is 5.95 Å². The van der Waals surface area contributed by atoms with E-state index >= 15 is 0 Å². The lowest BCUT2D eigenvalue weighted by atomic mass is 10.3. The summed E-state index contributed by atoms with van der Waals surface area (Å²) in [4.78, 5) is 9.90. The third kappa shape index (κ3) is 3.57. The number of hydrogen-bond donors (Lipinski definition) is 1. The fraction of sp³-hybridized carbons (Fsp3) is 0.714. The fourth-order valence-electron chi connectivity index (χ4n) is 2.36. The van der Waals surface area contributed by atoms with Gasteiger partial charge in [-0.15, -0.1) is 0 Å². The Morgan fingerprint density at radius 1 is 1.24 bits per heavy atom. The molecule has 0 unspecified atom stereocenters. The number of anilines is 2. The van der Waals surface area contributed by atoms with Gasteiger partial charge in [0.2, 0.25) is 5.95 Å². The average Bonchev–Trinajstić information content (AvgIpc) is 3.27. The van der Waals surface area contributed by atoms with Crippen molar-refractivity contribution < 1.29 is 13.2 Å². The summed E-state index contributed by atoms with van der Waals surface area (Å²) in [5.74, 6) is 1.07. The van der Waals surface area contributed by atoms with Gasteiger partial charge in [0.25, 0.3) is 0 Å². The van der Waals surface area contributed by atoms with Gasteiger partial charge < -0.3 is 10.2 Å². The first kappa shape index (κ1) is 14.4. The topological polar surface area (TPSA) is 41.1 Å². The van der Waals surface area contributed by atoms with Crippen LogP contribution in [0.3, 0.4) is 0 Å². The Hall–Kier alpha value is -1.53. The van der Waals surface area contributed by atoms with Crippen molar-refractivity contribution in [3.8, 4) is 0 Å². The molecule has 0 atom stereocenters. The SMILES string of the molecule is CCNc1nc(N(CC2CC2)C2CC2)cc(C(F)(F)F)n1. The second kappa shape index (κ2) is 5.35. The Bertz CT molecular complexity index is 509. The van der Waals surface area contributed by atoms with E-state index in [2.05, 4.69) is 15.3 Å². The Kier molecular flexibility index (Phi) is 3.67. The summed E-state index contributed by atoms with van der Waals surface area (Å²) in [6.07, 6.45) is -0.0408. The van der Waals surface area contributed by atoms with Crippen LogP contribution in [0, 0.1) is 5.92 Å². The first-order chi connectivity index (χ1) is 9.97. The maximum atomic E-state index is 13.0. The van der Waals surface area contributed by atoms with Crippen molar-refractivity contribution in [3.63, 3.8) is 0 Å². The van der Waals surface area contributed by atoms with Gasteiger partial charge in [-0.3, -0.25) is 0 Å². The molecule has 2 fully saturated rings. The summed E-state index contributed by atoms with van der Waals surface area (Å²) in [6.45, 7) is 3.11. The maximum absolute atomic E-state index is 13.0. The molecule has 0 amide bonds. The van der Waals surface area contributed by atoms with Crippen molar-refractivity contribution in [2.45, 2.75) is 44.8 Å². The van der Waals surface area contributed by atoms with Crippen LogP contribution in [0.15, 0.2) is 6.07 Å². The molecule has 0 spiro atoms. The number of halogens is 3. The summed E-state index contributed by atoms with van der Waals surface area (Å²) in [5, 5.41) is 2.79. The molecule has 2 aliphatic carbocycles. The van der Waals surface area contributed by atoms with E-state index in [1.165, 1.54) is 12.8 Å². The molecule has 0 aromatic carbocycles. The molecule has 0 radical (unpaired) electrons. The second-order valence-electron chi connectivity index (χ2n) is 5.79. The van der Waals surface area contributed by atoms with Gasteiger partial charge in [-0.2, -0.15) is 18.2 Å². The normalized spacial score (nSPS) is 18.7. The van der Waals surface area contributed by atoms with Crippen LogP contribution in [-0.4, -0.2) is 29.1 Å². The number of rotatable bonds is 6. The lowest BCUT2D eigenvalue weighted by Gasteiger charge is -2.24. The molecular weight excluding hydrogens is 281 g/mol. The quantitative estimate of drug-likeness (QED) is 0.875. The maximum Gasteiger partial charge on any atom is 0.433 e. The Morgan fingerprint density at radius 3 is 2.48 bits per heavy atom. The van der Waals surface area contributed by atoms with E-state index in [1.54, 1.807) is 0 Å². The van der Waals surface area contributed by atoms with Crippen LogP contribution in [0.4, 0.5) is 24.9 Å². The van der Waals surface area contributed by atoms with E-state index in [0.717, 1.165) is 25.5 Å². The standard InChI is InChI=1S/C14H19F3N4/c1-2-18-13-19-11(14(15,16)17)7-12(20-13)21(10-5-6-10)8-9-3-4-9/h7,9-10H,2-6,8H2,1H3,(H,18,19,20). The summed E-state index contributed by atoms with van der Waals surface area (Å²) < 4.78 is 39.0. The summed E-state index contributed by atoms with van der Waals surface area (Å²) in [7, 11) is 0. The molecule has 1 heterocycles. The van der Waals surface area contributed by atoms with Crippen molar-refractivity contribution >= 4 is 11.8 Å². The van der Waals surface area contributed by atoms with Gasteiger partial charge in [-0.1, -0.05) is 0 Å². The lowest BCUT2D eigenvalue weighted by Crippen LogP contribution is -2.30. The van der Waals surface area contributed by atoms with Crippen LogP contribution in [0.25, 0.3) is 0 Å². The molecule has 116 valence electrons. The molecule has 1 aromatic rings. The lowest BCUT2D eigenvalue weighted by molar-refractivity contribution is -0.141. The minimum Gasteiger partial charge on any atom is -0.354 e. The second-order valence-corrected chi connectivity index (χ2v) is 5.79. The minimum absolute atomic E-state index is 0.0590. The largest absolute Gasteiger partial charge is 0.433 e. The first-order valence-electron chi connectivity index (χ1n) is 7.44. The predicted octanol–water partition coefficient (Wildman–Crippen LogP) is 3.31. The monoisotopic (exact) mass is 300 g/mol. The molecule has 7 heteroatoms. The molecule has 4 nitrogen and oxygen atoms in total.